The average molecular weight is 415 g/mol. The number of benzene rings is 2. The van der Waals surface area contributed by atoms with E-state index < -0.39 is 11.6 Å². The van der Waals surface area contributed by atoms with Crippen LogP contribution in [0.2, 0.25) is 0 Å². The number of ether oxygens (including phenoxy) is 1. The van der Waals surface area contributed by atoms with Gasteiger partial charge in [-0.2, -0.15) is 5.10 Å². The highest BCUT2D eigenvalue weighted by atomic mass is 19.1. The summed E-state index contributed by atoms with van der Waals surface area (Å²) in [6, 6.07) is 6.90. The summed E-state index contributed by atoms with van der Waals surface area (Å²) >= 11 is 0. The minimum Gasteiger partial charge on any atom is -0.454 e. The van der Waals surface area contributed by atoms with E-state index in [1.807, 2.05) is 16.8 Å². The average Bonchev–Trinajstić information content (AvgIpc) is 3.10. The van der Waals surface area contributed by atoms with E-state index in [-0.39, 0.29) is 17.7 Å². The van der Waals surface area contributed by atoms with Crippen LogP contribution in [-0.4, -0.2) is 22.9 Å². The number of halogens is 2. The first-order valence-electron chi connectivity index (χ1n) is 10.5. The SMILES string of the molecule is CC(C)Cn1ncc2cc(Oc3ccc(F)cc3F)c(C(N)C3CCCNC3)cc21. The number of rotatable bonds is 6. The molecule has 1 aliphatic rings. The molecule has 3 aromatic rings. The van der Waals surface area contributed by atoms with Gasteiger partial charge in [-0.1, -0.05) is 13.8 Å². The van der Waals surface area contributed by atoms with E-state index in [9.17, 15) is 8.78 Å². The van der Waals surface area contributed by atoms with Crippen molar-refractivity contribution in [3.63, 3.8) is 0 Å². The van der Waals surface area contributed by atoms with Crippen LogP contribution >= 0.6 is 0 Å². The third-order valence-electron chi connectivity index (χ3n) is 5.63. The monoisotopic (exact) mass is 414 g/mol. The fourth-order valence-corrected chi connectivity index (χ4v) is 4.08. The molecule has 3 N–H and O–H groups in total. The van der Waals surface area contributed by atoms with Gasteiger partial charge in [-0.05, 0) is 62.0 Å². The topological polar surface area (TPSA) is 65.1 Å². The molecule has 0 radical (unpaired) electrons. The number of aromatic nitrogens is 2. The Hall–Kier alpha value is -2.51. The lowest BCUT2D eigenvalue weighted by Crippen LogP contribution is -2.36. The Morgan fingerprint density at radius 3 is 2.77 bits per heavy atom. The Balaban J connectivity index is 1.77. The van der Waals surface area contributed by atoms with Crippen molar-refractivity contribution in [2.24, 2.45) is 17.6 Å². The van der Waals surface area contributed by atoms with Crippen LogP contribution in [0.3, 0.4) is 0 Å². The van der Waals surface area contributed by atoms with Crippen molar-refractivity contribution in [1.29, 1.82) is 0 Å². The van der Waals surface area contributed by atoms with Gasteiger partial charge < -0.3 is 15.8 Å². The second-order valence-electron chi connectivity index (χ2n) is 8.48. The van der Waals surface area contributed by atoms with Gasteiger partial charge in [-0.15, -0.1) is 0 Å². The molecular weight excluding hydrogens is 386 g/mol. The Kier molecular flexibility index (Phi) is 6.01. The molecule has 30 heavy (non-hydrogen) atoms. The molecule has 5 nitrogen and oxygen atoms in total. The molecule has 1 fully saturated rings. The molecule has 0 spiro atoms. The standard InChI is InChI=1S/C23H28F2N4O/c1-14(2)13-29-20-10-18(23(26)15-4-3-7-27-11-15)22(8-16(20)12-28-29)30-21-6-5-17(24)9-19(21)25/h5-6,8-10,12,14-15,23,27H,3-4,7,11,13,26H2,1-2H3. The van der Waals surface area contributed by atoms with E-state index in [0.29, 0.717) is 11.7 Å². The summed E-state index contributed by atoms with van der Waals surface area (Å²) in [6.45, 7) is 6.89. The van der Waals surface area contributed by atoms with Crippen molar-refractivity contribution in [2.45, 2.75) is 39.3 Å². The van der Waals surface area contributed by atoms with Crippen LogP contribution in [0.5, 0.6) is 11.5 Å². The molecule has 1 aliphatic heterocycles. The van der Waals surface area contributed by atoms with Gasteiger partial charge in [0, 0.05) is 29.6 Å². The summed E-state index contributed by atoms with van der Waals surface area (Å²) in [5.41, 5.74) is 8.48. The van der Waals surface area contributed by atoms with E-state index >= 15 is 0 Å². The quantitative estimate of drug-likeness (QED) is 0.610. The Morgan fingerprint density at radius 1 is 1.23 bits per heavy atom. The normalized spacial score (nSPS) is 18.1. The van der Waals surface area contributed by atoms with Crippen LogP contribution in [0.4, 0.5) is 8.78 Å². The first-order chi connectivity index (χ1) is 14.4. The fraction of sp³-hybridized carbons (Fsp3) is 0.435. The van der Waals surface area contributed by atoms with Crippen LogP contribution in [-0.2, 0) is 6.54 Å². The number of nitrogens with zero attached hydrogens (tertiary/aromatic N) is 2. The van der Waals surface area contributed by atoms with Gasteiger partial charge in [0.15, 0.2) is 11.6 Å². The second-order valence-corrected chi connectivity index (χ2v) is 8.48. The van der Waals surface area contributed by atoms with Gasteiger partial charge in [0.1, 0.15) is 11.6 Å². The van der Waals surface area contributed by atoms with Crippen LogP contribution in [0, 0.1) is 23.5 Å². The molecule has 2 unspecified atom stereocenters. The van der Waals surface area contributed by atoms with Gasteiger partial charge in [0.2, 0.25) is 0 Å². The summed E-state index contributed by atoms with van der Waals surface area (Å²) in [7, 11) is 0. The van der Waals surface area contributed by atoms with E-state index in [2.05, 4.69) is 24.3 Å². The fourth-order valence-electron chi connectivity index (χ4n) is 4.08. The van der Waals surface area contributed by atoms with E-state index in [1.54, 1.807) is 6.20 Å². The molecule has 4 rings (SSSR count). The number of hydrogen-bond donors (Lipinski definition) is 2. The van der Waals surface area contributed by atoms with Crippen molar-refractivity contribution < 1.29 is 13.5 Å². The van der Waals surface area contributed by atoms with Crippen LogP contribution in [0.25, 0.3) is 10.9 Å². The molecule has 2 atom stereocenters. The number of nitrogens with two attached hydrogens (primary N) is 1. The lowest BCUT2D eigenvalue weighted by atomic mass is 9.87. The largest absolute Gasteiger partial charge is 0.454 e. The Morgan fingerprint density at radius 2 is 2.07 bits per heavy atom. The summed E-state index contributed by atoms with van der Waals surface area (Å²) < 4.78 is 35.5. The van der Waals surface area contributed by atoms with Gasteiger partial charge in [0.25, 0.3) is 0 Å². The minimum absolute atomic E-state index is 0.0273. The second kappa shape index (κ2) is 8.70. The van der Waals surface area contributed by atoms with Crippen molar-refractivity contribution >= 4 is 10.9 Å². The number of fused-ring (bicyclic) bond motifs is 1. The molecular formula is C23H28F2N4O. The Labute approximate surface area is 175 Å². The molecule has 2 aromatic carbocycles. The predicted octanol–water partition coefficient (Wildman–Crippen LogP) is 4.76. The highest BCUT2D eigenvalue weighted by Gasteiger charge is 2.26. The van der Waals surface area contributed by atoms with Crippen molar-refractivity contribution in [1.82, 2.24) is 15.1 Å². The number of piperidine rings is 1. The smallest absolute Gasteiger partial charge is 0.168 e. The molecule has 0 bridgehead atoms. The zero-order valence-electron chi connectivity index (χ0n) is 17.4. The molecule has 0 saturated carbocycles. The molecule has 0 aliphatic carbocycles. The van der Waals surface area contributed by atoms with E-state index in [0.717, 1.165) is 55.0 Å². The highest BCUT2D eigenvalue weighted by molar-refractivity contribution is 5.82. The van der Waals surface area contributed by atoms with Gasteiger partial charge in [-0.3, -0.25) is 4.68 Å². The van der Waals surface area contributed by atoms with Gasteiger partial charge in [0.05, 0.1) is 11.7 Å². The van der Waals surface area contributed by atoms with E-state index in [1.165, 1.54) is 12.1 Å². The van der Waals surface area contributed by atoms with Crippen molar-refractivity contribution in [3.8, 4) is 11.5 Å². The third-order valence-corrected chi connectivity index (χ3v) is 5.63. The maximum atomic E-state index is 14.3. The lowest BCUT2D eigenvalue weighted by Gasteiger charge is -2.29. The maximum Gasteiger partial charge on any atom is 0.168 e. The summed E-state index contributed by atoms with van der Waals surface area (Å²) in [5, 5.41) is 8.80. The van der Waals surface area contributed by atoms with E-state index in [4.69, 9.17) is 10.5 Å². The predicted molar refractivity (Wildman–Crippen MR) is 114 cm³/mol. The molecule has 2 heterocycles. The molecule has 0 amide bonds. The molecule has 1 saturated heterocycles. The summed E-state index contributed by atoms with van der Waals surface area (Å²) in [4.78, 5) is 0. The van der Waals surface area contributed by atoms with Crippen molar-refractivity contribution in [2.75, 3.05) is 13.1 Å². The number of hydrogen-bond acceptors (Lipinski definition) is 4. The maximum absolute atomic E-state index is 14.3. The molecule has 1 aromatic heterocycles. The van der Waals surface area contributed by atoms with Gasteiger partial charge >= 0.3 is 0 Å². The van der Waals surface area contributed by atoms with Crippen molar-refractivity contribution in [3.05, 3.63) is 53.7 Å². The molecule has 160 valence electrons. The molecule has 7 heteroatoms. The summed E-state index contributed by atoms with van der Waals surface area (Å²) in [5.74, 6) is -0.245. The van der Waals surface area contributed by atoms with Crippen LogP contribution < -0.4 is 15.8 Å². The van der Waals surface area contributed by atoms with Crippen LogP contribution in [0.1, 0.15) is 38.3 Å². The highest BCUT2D eigenvalue weighted by Crippen LogP contribution is 2.38. The minimum atomic E-state index is -0.746. The first-order valence-corrected chi connectivity index (χ1v) is 10.5. The number of nitrogens with one attached hydrogen (secondary N) is 1. The Bertz CT molecular complexity index is 1030. The lowest BCUT2D eigenvalue weighted by molar-refractivity contribution is 0.320. The van der Waals surface area contributed by atoms with Gasteiger partial charge in [-0.25, -0.2) is 8.78 Å². The third kappa shape index (κ3) is 4.32. The zero-order valence-corrected chi connectivity index (χ0v) is 17.4. The zero-order chi connectivity index (χ0) is 21.3. The summed E-state index contributed by atoms with van der Waals surface area (Å²) in [6.07, 6.45) is 3.86. The van der Waals surface area contributed by atoms with Crippen LogP contribution in [0.15, 0.2) is 36.5 Å². The first kappa shape index (κ1) is 20.8.